The van der Waals surface area contributed by atoms with Crippen molar-refractivity contribution in [1.82, 2.24) is 4.31 Å². The van der Waals surface area contributed by atoms with E-state index < -0.39 is 10.0 Å². The first-order valence-corrected chi connectivity index (χ1v) is 11.8. The Morgan fingerprint density at radius 3 is 2.54 bits per heavy atom. The first kappa shape index (κ1) is 21.3. The lowest BCUT2D eigenvalue weighted by Crippen LogP contribution is -2.41. The fourth-order valence-electron chi connectivity index (χ4n) is 3.27. The van der Waals surface area contributed by atoms with Gasteiger partial charge >= 0.3 is 0 Å². The summed E-state index contributed by atoms with van der Waals surface area (Å²) in [5.41, 5.74) is 2.38. The van der Waals surface area contributed by atoms with Gasteiger partial charge in [-0.25, -0.2) is 12.7 Å². The van der Waals surface area contributed by atoms with Gasteiger partial charge in [-0.15, -0.1) is 0 Å². The third-order valence-electron chi connectivity index (χ3n) is 4.94. The zero-order chi connectivity index (χ0) is 20.3. The Bertz CT molecular complexity index is 973. The van der Waals surface area contributed by atoms with Gasteiger partial charge in [-0.3, -0.25) is 4.79 Å². The molecule has 1 saturated heterocycles. The van der Waals surface area contributed by atoms with Crippen molar-refractivity contribution in [2.24, 2.45) is 5.92 Å². The number of anilines is 1. The first-order chi connectivity index (χ1) is 13.3. The van der Waals surface area contributed by atoms with Crippen LogP contribution >= 0.6 is 27.5 Å². The number of aryl methyl sites for hydroxylation is 1. The molecule has 1 amide bonds. The molecule has 1 fully saturated rings. The van der Waals surface area contributed by atoms with Crippen LogP contribution in [0.25, 0.3) is 0 Å². The molecule has 0 radical (unpaired) electrons. The maximum Gasteiger partial charge on any atom is 0.227 e. The van der Waals surface area contributed by atoms with Crippen LogP contribution in [0.2, 0.25) is 5.02 Å². The van der Waals surface area contributed by atoms with E-state index >= 15 is 0 Å². The Kier molecular flexibility index (Phi) is 6.81. The minimum absolute atomic E-state index is 0.0649. The van der Waals surface area contributed by atoms with Crippen molar-refractivity contribution in [2.45, 2.75) is 25.5 Å². The Morgan fingerprint density at radius 2 is 1.89 bits per heavy atom. The second kappa shape index (κ2) is 8.95. The summed E-state index contributed by atoms with van der Waals surface area (Å²) in [5.74, 6) is -0.387. The number of nitrogens with zero attached hydrogens (tertiary/aromatic N) is 1. The molecule has 1 N–H and O–H groups in total. The molecular formula is C20H22BrClN2O3S. The van der Waals surface area contributed by atoms with Crippen LogP contribution in [-0.4, -0.2) is 31.7 Å². The van der Waals surface area contributed by atoms with Gasteiger partial charge < -0.3 is 5.32 Å². The summed E-state index contributed by atoms with van der Waals surface area (Å²) >= 11 is 9.53. The molecule has 0 unspecified atom stereocenters. The highest BCUT2D eigenvalue weighted by Gasteiger charge is 2.31. The van der Waals surface area contributed by atoms with E-state index in [1.54, 1.807) is 24.3 Å². The van der Waals surface area contributed by atoms with Crippen molar-refractivity contribution in [2.75, 3.05) is 18.4 Å². The molecule has 0 aromatic heterocycles. The number of sulfonamides is 1. The van der Waals surface area contributed by atoms with Gasteiger partial charge in [0.25, 0.3) is 0 Å². The summed E-state index contributed by atoms with van der Waals surface area (Å²) in [5, 5.41) is 3.38. The molecule has 2 aromatic carbocycles. The summed E-state index contributed by atoms with van der Waals surface area (Å²) in [6.07, 6.45) is 1.01. The molecule has 1 aliphatic heterocycles. The average molecular weight is 486 g/mol. The summed E-state index contributed by atoms with van der Waals surface area (Å²) in [7, 11) is -3.47. The highest BCUT2D eigenvalue weighted by Crippen LogP contribution is 2.26. The highest BCUT2D eigenvalue weighted by molar-refractivity contribution is 9.10. The van der Waals surface area contributed by atoms with E-state index in [2.05, 4.69) is 21.2 Å². The predicted molar refractivity (Wildman–Crippen MR) is 116 cm³/mol. The standard InChI is InChI=1S/C20H22BrClN2O3S/c1-14-12-17(6-7-18(14)21)23-20(25)15-8-10-24(11-9-15)28(26,27)13-16-4-2-3-5-19(16)22/h2-7,12,15H,8-11,13H2,1H3,(H,23,25). The number of rotatable bonds is 5. The molecule has 28 heavy (non-hydrogen) atoms. The number of carbonyl (C=O) groups is 1. The summed E-state index contributed by atoms with van der Waals surface area (Å²) < 4.78 is 27.9. The number of amides is 1. The van der Waals surface area contributed by atoms with Crippen LogP contribution in [0, 0.1) is 12.8 Å². The molecule has 0 bridgehead atoms. The molecule has 150 valence electrons. The third-order valence-corrected chi connectivity index (χ3v) is 8.03. The van der Waals surface area contributed by atoms with Gasteiger partial charge in [0.15, 0.2) is 0 Å². The Hall–Kier alpha value is -1.41. The van der Waals surface area contributed by atoms with Crippen LogP contribution < -0.4 is 5.32 Å². The van der Waals surface area contributed by atoms with Crippen LogP contribution in [0.4, 0.5) is 5.69 Å². The van der Waals surface area contributed by atoms with Gasteiger partial charge in [0, 0.05) is 34.2 Å². The maximum absolute atomic E-state index is 12.7. The second-order valence-electron chi connectivity index (χ2n) is 6.97. The topological polar surface area (TPSA) is 66.5 Å². The van der Waals surface area contributed by atoms with Crippen LogP contribution in [-0.2, 0) is 20.6 Å². The average Bonchev–Trinajstić information content (AvgIpc) is 2.66. The lowest BCUT2D eigenvalue weighted by Gasteiger charge is -2.30. The van der Waals surface area contributed by atoms with Gasteiger partial charge in [0.2, 0.25) is 15.9 Å². The zero-order valence-electron chi connectivity index (χ0n) is 15.5. The molecule has 0 aliphatic carbocycles. The fraction of sp³-hybridized carbons (Fsp3) is 0.350. The highest BCUT2D eigenvalue weighted by atomic mass is 79.9. The smallest absolute Gasteiger partial charge is 0.227 e. The molecule has 1 aliphatic rings. The molecule has 0 saturated carbocycles. The Balaban J connectivity index is 1.58. The van der Waals surface area contributed by atoms with Crippen molar-refractivity contribution in [3.8, 4) is 0 Å². The molecule has 5 nitrogen and oxygen atoms in total. The summed E-state index contributed by atoms with van der Waals surface area (Å²) in [4.78, 5) is 12.5. The molecule has 8 heteroatoms. The molecule has 0 atom stereocenters. The lowest BCUT2D eigenvalue weighted by atomic mass is 9.97. The molecular weight excluding hydrogens is 464 g/mol. The van der Waals surface area contributed by atoms with Crippen molar-refractivity contribution in [3.05, 3.63) is 63.1 Å². The van der Waals surface area contributed by atoms with Gasteiger partial charge in [0.05, 0.1) is 5.75 Å². The van der Waals surface area contributed by atoms with E-state index in [1.165, 1.54) is 4.31 Å². The number of hydrogen-bond donors (Lipinski definition) is 1. The van der Waals surface area contributed by atoms with Crippen molar-refractivity contribution in [3.63, 3.8) is 0 Å². The van der Waals surface area contributed by atoms with Gasteiger partial charge in [-0.2, -0.15) is 0 Å². The van der Waals surface area contributed by atoms with E-state index in [0.29, 0.717) is 36.5 Å². The Morgan fingerprint density at radius 1 is 1.21 bits per heavy atom. The SMILES string of the molecule is Cc1cc(NC(=O)C2CCN(S(=O)(=O)Cc3ccccc3Cl)CC2)ccc1Br. The van der Waals surface area contributed by atoms with Crippen LogP contribution in [0.3, 0.4) is 0 Å². The predicted octanol–water partition coefficient (Wildman–Crippen LogP) is 4.59. The largest absolute Gasteiger partial charge is 0.326 e. The van der Waals surface area contributed by atoms with E-state index in [4.69, 9.17) is 11.6 Å². The lowest BCUT2D eigenvalue weighted by molar-refractivity contribution is -0.120. The monoisotopic (exact) mass is 484 g/mol. The van der Waals surface area contributed by atoms with Gasteiger partial charge in [-0.05, 0) is 55.2 Å². The second-order valence-corrected chi connectivity index (χ2v) is 10.2. The van der Waals surface area contributed by atoms with E-state index in [0.717, 1.165) is 15.7 Å². The van der Waals surface area contributed by atoms with Crippen molar-refractivity contribution < 1.29 is 13.2 Å². The number of halogens is 2. The quantitative estimate of drug-likeness (QED) is 0.673. The molecule has 1 heterocycles. The van der Waals surface area contributed by atoms with Crippen molar-refractivity contribution in [1.29, 1.82) is 0 Å². The van der Waals surface area contributed by atoms with Crippen LogP contribution in [0.1, 0.15) is 24.0 Å². The Labute approximate surface area is 179 Å². The number of hydrogen-bond acceptors (Lipinski definition) is 3. The van der Waals surface area contributed by atoms with E-state index in [-0.39, 0.29) is 17.6 Å². The summed E-state index contributed by atoms with van der Waals surface area (Å²) in [6, 6.07) is 12.6. The minimum Gasteiger partial charge on any atom is -0.326 e. The molecule has 2 aromatic rings. The number of carbonyl (C=O) groups excluding carboxylic acids is 1. The van der Waals surface area contributed by atoms with Gasteiger partial charge in [0.1, 0.15) is 0 Å². The minimum atomic E-state index is -3.47. The molecule has 0 spiro atoms. The molecule has 3 rings (SSSR count). The van der Waals surface area contributed by atoms with Crippen molar-refractivity contribution >= 4 is 49.1 Å². The van der Waals surface area contributed by atoms with E-state index in [1.807, 2.05) is 25.1 Å². The third kappa shape index (κ3) is 5.14. The van der Waals surface area contributed by atoms with Gasteiger partial charge in [-0.1, -0.05) is 45.7 Å². The zero-order valence-corrected chi connectivity index (χ0v) is 18.6. The number of benzene rings is 2. The van der Waals surface area contributed by atoms with E-state index in [9.17, 15) is 13.2 Å². The maximum atomic E-state index is 12.7. The van der Waals surface area contributed by atoms with Crippen LogP contribution in [0.15, 0.2) is 46.9 Å². The normalized spacial score (nSPS) is 16.1. The van der Waals surface area contributed by atoms with Crippen LogP contribution in [0.5, 0.6) is 0 Å². The summed E-state index contributed by atoms with van der Waals surface area (Å²) in [6.45, 7) is 2.64. The number of nitrogens with one attached hydrogen (secondary N) is 1. The first-order valence-electron chi connectivity index (χ1n) is 9.04. The fourth-order valence-corrected chi connectivity index (χ4v) is 5.39. The number of piperidine rings is 1.